The van der Waals surface area contributed by atoms with Crippen LogP contribution in [0.15, 0.2) is 72.9 Å². The van der Waals surface area contributed by atoms with E-state index in [9.17, 15) is 48.6 Å². The number of aliphatic hydroxyl groups is 2. The zero-order valence-corrected chi connectivity index (χ0v) is 28.8. The molecule has 0 aliphatic heterocycles. The summed E-state index contributed by atoms with van der Waals surface area (Å²) in [5, 5.41) is 44.1. The summed E-state index contributed by atoms with van der Waals surface area (Å²) in [7, 11) is 0. The Hall–Kier alpha value is -6.18. The van der Waals surface area contributed by atoms with E-state index in [1.165, 1.54) is 6.92 Å². The molecule has 0 fully saturated rings. The Morgan fingerprint density at radius 1 is 0.642 bits per heavy atom. The van der Waals surface area contributed by atoms with Crippen LogP contribution in [0, 0.1) is 0 Å². The van der Waals surface area contributed by atoms with Gasteiger partial charge in [-0.3, -0.25) is 38.4 Å². The number of rotatable bonds is 21. The molecule has 0 aliphatic rings. The van der Waals surface area contributed by atoms with Crippen LogP contribution in [0.3, 0.4) is 0 Å². The standard InChI is InChI=1S/C34H44N8O11/c1-19(38-32(51)23(39-27(45)15-35)13-21-9-5-3-6-10-21)29(48)37-20(2)30(49)40-24(14-22-11-7-4-8-12-22)33(52)42-26(18-44)34(53)41-25(17-43)31(50)36-16-28(46)47/h3-12,19,23-26,43-44H,2,13-18,35H2,1H3,(H,36,50)(H,37,48)(H,38,51)(H,39,45)(H,40,49)(H,41,53)(H,42,52)(H,46,47)/t19-,23-,24-,25-,26-/m0/s1. The highest BCUT2D eigenvalue weighted by molar-refractivity contribution is 6.01. The van der Waals surface area contributed by atoms with E-state index in [0.717, 1.165) is 5.56 Å². The van der Waals surface area contributed by atoms with Crippen molar-refractivity contribution in [3.05, 3.63) is 84.1 Å². The van der Waals surface area contributed by atoms with Gasteiger partial charge in [0.1, 0.15) is 36.8 Å². The number of nitrogens with two attached hydrogens (primary N) is 1. The summed E-state index contributed by atoms with van der Waals surface area (Å²) in [6.07, 6.45) is -0.0459. The van der Waals surface area contributed by atoms with E-state index in [1.807, 2.05) is 5.32 Å². The normalized spacial score (nSPS) is 13.4. The second-order valence-corrected chi connectivity index (χ2v) is 11.5. The van der Waals surface area contributed by atoms with Gasteiger partial charge in [-0.2, -0.15) is 0 Å². The number of amides is 7. The number of benzene rings is 2. The lowest BCUT2D eigenvalue weighted by Crippen LogP contribution is -2.59. The van der Waals surface area contributed by atoms with Crippen molar-refractivity contribution in [3.8, 4) is 0 Å². The molecule has 2 aromatic rings. The Labute approximate surface area is 304 Å². The quantitative estimate of drug-likeness (QED) is 0.0542. The van der Waals surface area contributed by atoms with Crippen molar-refractivity contribution in [2.24, 2.45) is 5.73 Å². The van der Waals surface area contributed by atoms with Crippen LogP contribution in [0.4, 0.5) is 0 Å². The second kappa shape index (κ2) is 21.9. The fourth-order valence-corrected chi connectivity index (χ4v) is 4.53. The fourth-order valence-electron chi connectivity index (χ4n) is 4.53. The summed E-state index contributed by atoms with van der Waals surface area (Å²) in [5.41, 5.74) is 6.16. The first-order valence-electron chi connectivity index (χ1n) is 16.2. The number of hydrogen-bond donors (Lipinski definition) is 11. The first-order chi connectivity index (χ1) is 25.2. The molecule has 12 N–H and O–H groups in total. The summed E-state index contributed by atoms with van der Waals surface area (Å²) in [5.74, 6) is -7.71. The molecule has 0 aliphatic carbocycles. The SMILES string of the molecule is C=C(NC(=O)[C@H](C)NC(=O)[C@H](Cc1ccccc1)NC(=O)CN)C(=O)N[C@@H](Cc1ccccc1)C(=O)N[C@@H](CO)C(=O)N[C@@H](CO)C(=O)NCC(=O)O. The number of hydrogen-bond acceptors (Lipinski definition) is 11. The van der Waals surface area contributed by atoms with Gasteiger partial charge < -0.3 is 58.3 Å². The summed E-state index contributed by atoms with van der Waals surface area (Å²) in [4.78, 5) is 100. The fraction of sp³-hybridized carbons (Fsp3) is 0.353. The molecule has 0 aromatic heterocycles. The lowest BCUT2D eigenvalue weighted by atomic mass is 10.0. The predicted octanol–water partition coefficient (Wildman–Crippen LogP) is -4.31. The Balaban J connectivity index is 2.11. The molecule has 0 saturated heterocycles. The molecule has 0 radical (unpaired) electrons. The van der Waals surface area contributed by atoms with Gasteiger partial charge in [0.2, 0.25) is 35.4 Å². The first-order valence-corrected chi connectivity index (χ1v) is 16.2. The topological polar surface area (TPSA) is 307 Å². The summed E-state index contributed by atoms with van der Waals surface area (Å²) in [6, 6.07) is 10.1. The molecule has 0 saturated carbocycles. The third-order valence-corrected chi connectivity index (χ3v) is 7.37. The van der Waals surface area contributed by atoms with Gasteiger partial charge in [0, 0.05) is 12.8 Å². The minimum absolute atomic E-state index is 0.0929. The van der Waals surface area contributed by atoms with Gasteiger partial charge >= 0.3 is 5.97 Å². The van der Waals surface area contributed by atoms with E-state index in [0.29, 0.717) is 5.56 Å². The van der Waals surface area contributed by atoms with Crippen LogP contribution in [0.5, 0.6) is 0 Å². The number of carbonyl (C=O) groups is 8. The van der Waals surface area contributed by atoms with E-state index in [4.69, 9.17) is 10.8 Å². The zero-order valence-electron chi connectivity index (χ0n) is 28.8. The lowest BCUT2D eigenvalue weighted by Gasteiger charge is -2.24. The molecule has 0 bridgehead atoms. The maximum Gasteiger partial charge on any atom is 0.322 e. The van der Waals surface area contributed by atoms with Gasteiger partial charge in [-0.25, -0.2) is 0 Å². The van der Waals surface area contributed by atoms with Crippen molar-refractivity contribution < 1.29 is 53.7 Å². The number of carbonyl (C=O) groups excluding carboxylic acids is 7. The van der Waals surface area contributed by atoms with Gasteiger partial charge in [0.25, 0.3) is 5.91 Å². The van der Waals surface area contributed by atoms with Crippen LogP contribution in [-0.4, -0.2) is 119 Å². The van der Waals surface area contributed by atoms with Crippen LogP contribution in [0.2, 0.25) is 0 Å². The van der Waals surface area contributed by atoms with Crippen LogP contribution < -0.4 is 43.0 Å². The Bertz CT molecular complexity index is 1620. The largest absolute Gasteiger partial charge is 0.480 e. The number of carboxylic acid groups (broad SMARTS) is 1. The maximum atomic E-state index is 13.4. The van der Waals surface area contributed by atoms with Crippen LogP contribution in [0.1, 0.15) is 18.1 Å². The predicted molar refractivity (Wildman–Crippen MR) is 187 cm³/mol. The van der Waals surface area contributed by atoms with Crippen molar-refractivity contribution in [3.63, 3.8) is 0 Å². The van der Waals surface area contributed by atoms with Crippen molar-refractivity contribution in [1.82, 2.24) is 37.2 Å². The van der Waals surface area contributed by atoms with Crippen LogP contribution in [0.25, 0.3) is 0 Å². The molecule has 7 amide bonds. The van der Waals surface area contributed by atoms with E-state index < -0.39 is 103 Å². The maximum absolute atomic E-state index is 13.4. The molecule has 19 nitrogen and oxygen atoms in total. The number of carboxylic acids is 1. The summed E-state index contributed by atoms with van der Waals surface area (Å²) < 4.78 is 0. The van der Waals surface area contributed by atoms with Crippen molar-refractivity contribution in [2.45, 2.75) is 50.0 Å². The summed E-state index contributed by atoms with van der Waals surface area (Å²) in [6.45, 7) is 1.78. The number of nitrogens with one attached hydrogen (secondary N) is 7. The minimum atomic E-state index is -1.69. The molecule has 0 unspecified atom stereocenters. The third kappa shape index (κ3) is 14.9. The Morgan fingerprint density at radius 3 is 1.57 bits per heavy atom. The number of aliphatic carboxylic acids is 1. The summed E-state index contributed by atoms with van der Waals surface area (Å²) >= 11 is 0. The van der Waals surface area contributed by atoms with Gasteiger partial charge in [-0.15, -0.1) is 0 Å². The molecule has 0 spiro atoms. The van der Waals surface area contributed by atoms with Gasteiger partial charge in [-0.1, -0.05) is 67.2 Å². The highest BCUT2D eigenvalue weighted by Gasteiger charge is 2.31. The van der Waals surface area contributed by atoms with Crippen molar-refractivity contribution >= 4 is 47.3 Å². The first kappa shape index (κ1) is 43.0. The van der Waals surface area contributed by atoms with Crippen molar-refractivity contribution in [2.75, 3.05) is 26.3 Å². The minimum Gasteiger partial charge on any atom is -0.480 e. The molecule has 2 aromatic carbocycles. The highest BCUT2D eigenvalue weighted by atomic mass is 16.4. The van der Waals surface area contributed by atoms with Gasteiger partial charge in [0.15, 0.2) is 0 Å². The zero-order chi connectivity index (χ0) is 39.5. The monoisotopic (exact) mass is 740 g/mol. The van der Waals surface area contributed by atoms with Crippen molar-refractivity contribution in [1.29, 1.82) is 0 Å². The molecular formula is C34H44N8O11. The van der Waals surface area contributed by atoms with E-state index >= 15 is 0 Å². The van der Waals surface area contributed by atoms with Crippen LogP contribution >= 0.6 is 0 Å². The Kier molecular flexibility index (Phi) is 17.8. The van der Waals surface area contributed by atoms with E-state index in [-0.39, 0.29) is 19.4 Å². The van der Waals surface area contributed by atoms with Gasteiger partial charge in [-0.05, 0) is 18.1 Å². The molecule has 53 heavy (non-hydrogen) atoms. The third-order valence-electron chi connectivity index (χ3n) is 7.37. The molecule has 5 atom stereocenters. The molecule has 286 valence electrons. The molecule has 2 rings (SSSR count). The Morgan fingerprint density at radius 2 is 1.09 bits per heavy atom. The lowest BCUT2D eigenvalue weighted by molar-refractivity contribution is -0.139. The molecule has 19 heteroatoms. The number of aliphatic hydroxyl groups excluding tert-OH is 2. The van der Waals surface area contributed by atoms with Crippen LogP contribution in [-0.2, 0) is 51.2 Å². The average molecular weight is 741 g/mol. The second-order valence-electron chi connectivity index (χ2n) is 11.5. The highest BCUT2D eigenvalue weighted by Crippen LogP contribution is 2.07. The van der Waals surface area contributed by atoms with Gasteiger partial charge in [0.05, 0.1) is 25.5 Å². The smallest absolute Gasteiger partial charge is 0.322 e. The van der Waals surface area contributed by atoms with E-state index in [1.54, 1.807) is 60.7 Å². The molecule has 0 heterocycles. The molecular weight excluding hydrogens is 696 g/mol. The van der Waals surface area contributed by atoms with E-state index in [2.05, 4.69) is 38.5 Å². The average Bonchev–Trinajstić information content (AvgIpc) is 3.14.